The Morgan fingerprint density at radius 2 is 1.04 bits per heavy atom. The van der Waals surface area contributed by atoms with E-state index in [0.29, 0.717) is 5.95 Å². The van der Waals surface area contributed by atoms with E-state index in [2.05, 4.69) is 167 Å². The zero-order chi connectivity index (χ0) is 34.4. The van der Waals surface area contributed by atoms with Crippen molar-refractivity contribution >= 4 is 113 Å². The Bertz CT molecular complexity index is 3690. The van der Waals surface area contributed by atoms with E-state index < -0.39 is 0 Å². The molecule has 0 saturated heterocycles. The number of hydrogen-bond acceptors (Lipinski definition) is 3. The molecule has 0 N–H and O–H groups in total. The van der Waals surface area contributed by atoms with Crippen LogP contribution in [0.15, 0.2) is 158 Å². The number of rotatable bonds is 2. The lowest BCUT2D eigenvalue weighted by atomic mass is 9.98. The molecular formula is C48H26N4S. The van der Waals surface area contributed by atoms with Gasteiger partial charge in [0.15, 0.2) is 0 Å². The van der Waals surface area contributed by atoms with Crippen LogP contribution < -0.4 is 0 Å². The Morgan fingerprint density at radius 3 is 1.92 bits per heavy atom. The van der Waals surface area contributed by atoms with E-state index in [0.717, 1.165) is 37.9 Å². The average molecular weight is 691 g/mol. The standard InChI is InChI=1S/C48H26N4S/c1-2-15-28-27(13-1)14-11-21-31(28)42-47-43(35-20-7-10-26-39(35)53-47)50-48(49-42)52-38-25-9-6-19-34(38)40-30-17-3-4-18-33(30)45-41(46(40)52)36-23-12-22-32-29-16-5-8-24-37(29)51(45)44(32)36/h1-26H. The van der Waals surface area contributed by atoms with Gasteiger partial charge in [-0.05, 0) is 34.4 Å². The van der Waals surface area contributed by atoms with E-state index in [4.69, 9.17) is 9.97 Å². The maximum absolute atomic E-state index is 5.66. The summed E-state index contributed by atoms with van der Waals surface area (Å²) < 4.78 is 7.19. The highest BCUT2D eigenvalue weighted by atomic mass is 32.1. The SMILES string of the molecule is c1ccc2c(-c3nc(-n4c5ccccc5c5c6ccccc6c6c(c7cccc8c9ccccc9n6c87)c54)nc4c3sc3ccccc34)cccc2c1. The van der Waals surface area contributed by atoms with Crippen molar-refractivity contribution in [1.82, 2.24) is 18.9 Å². The summed E-state index contributed by atoms with van der Waals surface area (Å²) in [6, 6.07) is 57.2. The molecule has 244 valence electrons. The molecule has 0 unspecified atom stereocenters. The molecule has 0 aliphatic rings. The first-order chi connectivity index (χ1) is 26.3. The Balaban J connectivity index is 1.30. The third-order valence-corrected chi connectivity index (χ3v) is 12.6. The molecule has 0 bridgehead atoms. The fraction of sp³-hybridized carbons (Fsp3) is 0. The molecule has 13 aromatic rings. The molecule has 13 rings (SSSR count). The maximum atomic E-state index is 5.66. The van der Waals surface area contributed by atoms with Crippen LogP contribution in [0.3, 0.4) is 0 Å². The summed E-state index contributed by atoms with van der Waals surface area (Å²) in [5, 5.41) is 13.5. The molecule has 53 heavy (non-hydrogen) atoms. The Kier molecular flexibility index (Phi) is 5.22. The molecule has 0 spiro atoms. The predicted octanol–water partition coefficient (Wildman–Crippen LogP) is 13.1. The van der Waals surface area contributed by atoms with E-state index in [1.54, 1.807) is 11.3 Å². The van der Waals surface area contributed by atoms with Crippen molar-refractivity contribution < 1.29 is 0 Å². The number of para-hydroxylation sites is 3. The second-order valence-electron chi connectivity index (χ2n) is 14.1. The largest absolute Gasteiger partial charge is 0.307 e. The number of fused-ring (bicyclic) bond motifs is 17. The van der Waals surface area contributed by atoms with Crippen LogP contribution in [0.25, 0.3) is 119 Å². The van der Waals surface area contributed by atoms with Crippen molar-refractivity contribution in [2.24, 2.45) is 0 Å². The lowest BCUT2D eigenvalue weighted by molar-refractivity contribution is 1.02. The number of aromatic nitrogens is 4. The van der Waals surface area contributed by atoms with Gasteiger partial charge in [0.25, 0.3) is 0 Å². The van der Waals surface area contributed by atoms with Crippen molar-refractivity contribution in [1.29, 1.82) is 0 Å². The lowest BCUT2D eigenvalue weighted by Gasteiger charge is -2.13. The van der Waals surface area contributed by atoms with Gasteiger partial charge in [-0.3, -0.25) is 4.57 Å². The lowest BCUT2D eigenvalue weighted by Crippen LogP contribution is -2.03. The van der Waals surface area contributed by atoms with Gasteiger partial charge in [-0.1, -0.05) is 140 Å². The summed E-state index contributed by atoms with van der Waals surface area (Å²) in [6.45, 7) is 0. The highest BCUT2D eigenvalue weighted by Crippen LogP contribution is 2.49. The molecule has 0 aliphatic heterocycles. The molecule has 0 saturated carbocycles. The summed E-state index contributed by atoms with van der Waals surface area (Å²) in [6.07, 6.45) is 0. The van der Waals surface area contributed by atoms with Crippen molar-refractivity contribution in [3.8, 4) is 17.2 Å². The minimum Gasteiger partial charge on any atom is -0.307 e. The second-order valence-corrected chi connectivity index (χ2v) is 15.1. The molecule has 5 heterocycles. The first kappa shape index (κ1) is 27.8. The molecule has 5 aromatic heterocycles. The molecule has 5 heteroatoms. The monoisotopic (exact) mass is 690 g/mol. The van der Waals surface area contributed by atoms with Crippen LogP contribution in [0.1, 0.15) is 0 Å². The van der Waals surface area contributed by atoms with E-state index in [1.165, 1.54) is 75.1 Å². The van der Waals surface area contributed by atoms with E-state index in [1.807, 2.05) is 0 Å². The first-order valence-corrected chi connectivity index (χ1v) is 18.8. The summed E-state index contributed by atoms with van der Waals surface area (Å²) >= 11 is 1.78. The first-order valence-electron chi connectivity index (χ1n) is 18.0. The molecule has 4 nitrogen and oxygen atoms in total. The van der Waals surface area contributed by atoms with Gasteiger partial charge in [0.05, 0.1) is 43.5 Å². The minimum atomic E-state index is 0.682. The third-order valence-electron chi connectivity index (χ3n) is 11.4. The van der Waals surface area contributed by atoms with Crippen molar-refractivity contribution in [3.63, 3.8) is 0 Å². The Labute approximate surface area is 305 Å². The van der Waals surface area contributed by atoms with Gasteiger partial charge in [0, 0.05) is 53.4 Å². The third kappa shape index (κ3) is 3.45. The molecular weight excluding hydrogens is 665 g/mol. The molecule has 0 atom stereocenters. The zero-order valence-corrected chi connectivity index (χ0v) is 29.0. The Morgan fingerprint density at radius 1 is 0.415 bits per heavy atom. The van der Waals surface area contributed by atoms with Gasteiger partial charge in [0.2, 0.25) is 5.95 Å². The predicted molar refractivity (Wildman–Crippen MR) is 224 cm³/mol. The van der Waals surface area contributed by atoms with Crippen molar-refractivity contribution in [2.45, 2.75) is 0 Å². The quantitative estimate of drug-likeness (QED) is 0.181. The summed E-state index contributed by atoms with van der Waals surface area (Å²) in [4.78, 5) is 11.2. The summed E-state index contributed by atoms with van der Waals surface area (Å²) in [5.41, 5.74) is 9.01. The van der Waals surface area contributed by atoms with Gasteiger partial charge in [0.1, 0.15) is 0 Å². The average Bonchev–Trinajstić information content (AvgIpc) is 3.96. The highest BCUT2D eigenvalue weighted by Gasteiger charge is 2.27. The van der Waals surface area contributed by atoms with Gasteiger partial charge >= 0.3 is 0 Å². The smallest absolute Gasteiger partial charge is 0.235 e. The van der Waals surface area contributed by atoms with Crippen LogP contribution in [0.4, 0.5) is 0 Å². The number of benzene rings is 8. The van der Waals surface area contributed by atoms with Gasteiger partial charge in [-0.2, -0.15) is 0 Å². The second kappa shape index (κ2) is 9.94. The number of nitrogens with zero attached hydrogens (tertiary/aromatic N) is 4. The van der Waals surface area contributed by atoms with Crippen LogP contribution >= 0.6 is 11.3 Å². The maximum Gasteiger partial charge on any atom is 0.235 e. The van der Waals surface area contributed by atoms with Gasteiger partial charge < -0.3 is 4.40 Å². The van der Waals surface area contributed by atoms with E-state index in [-0.39, 0.29) is 0 Å². The van der Waals surface area contributed by atoms with Crippen LogP contribution in [-0.4, -0.2) is 18.9 Å². The highest BCUT2D eigenvalue weighted by molar-refractivity contribution is 7.26. The number of thiophene rings is 1. The molecule has 8 aromatic carbocycles. The molecule has 0 fully saturated rings. The van der Waals surface area contributed by atoms with E-state index >= 15 is 0 Å². The van der Waals surface area contributed by atoms with Crippen molar-refractivity contribution in [2.75, 3.05) is 0 Å². The molecule has 0 radical (unpaired) electrons. The van der Waals surface area contributed by atoms with E-state index in [9.17, 15) is 0 Å². The van der Waals surface area contributed by atoms with Crippen LogP contribution in [0.5, 0.6) is 0 Å². The Hall–Kier alpha value is -6.82. The van der Waals surface area contributed by atoms with Crippen LogP contribution in [0, 0.1) is 0 Å². The molecule has 0 amide bonds. The zero-order valence-electron chi connectivity index (χ0n) is 28.2. The van der Waals surface area contributed by atoms with Crippen molar-refractivity contribution in [3.05, 3.63) is 158 Å². The summed E-state index contributed by atoms with van der Waals surface area (Å²) in [7, 11) is 0. The van der Waals surface area contributed by atoms with Crippen LogP contribution in [0.2, 0.25) is 0 Å². The van der Waals surface area contributed by atoms with Gasteiger partial charge in [-0.15, -0.1) is 11.3 Å². The number of hydrogen-bond donors (Lipinski definition) is 0. The summed E-state index contributed by atoms with van der Waals surface area (Å²) in [5.74, 6) is 0.682. The minimum absolute atomic E-state index is 0.682. The molecule has 0 aliphatic carbocycles. The van der Waals surface area contributed by atoms with Gasteiger partial charge in [-0.25, -0.2) is 9.97 Å². The van der Waals surface area contributed by atoms with Crippen LogP contribution in [-0.2, 0) is 0 Å². The fourth-order valence-electron chi connectivity index (χ4n) is 9.35. The fourth-order valence-corrected chi connectivity index (χ4v) is 10.5. The normalized spacial score (nSPS) is 12.5. The topological polar surface area (TPSA) is 35.1 Å².